The maximum atomic E-state index is 6.55. The number of fused-ring (bicyclic) bond motifs is 11. The number of hydrogen-bond donors (Lipinski definition) is 0. The fourth-order valence-electron chi connectivity index (χ4n) is 9.60. The predicted molar refractivity (Wildman–Crippen MR) is 262 cm³/mol. The molecule has 0 amide bonds. The lowest BCUT2D eigenvalue weighted by Crippen LogP contribution is -2.09. The van der Waals surface area contributed by atoms with E-state index in [0.29, 0.717) is 0 Å². The normalized spacial score (nSPS) is 11.9. The summed E-state index contributed by atoms with van der Waals surface area (Å²) < 4.78 is 15.4. The van der Waals surface area contributed by atoms with Crippen LogP contribution in [0, 0.1) is 0 Å². The van der Waals surface area contributed by atoms with Gasteiger partial charge in [-0.25, -0.2) is 0 Å². The average Bonchev–Trinajstić information content (AvgIpc) is 4.04. The van der Waals surface area contributed by atoms with E-state index in [9.17, 15) is 0 Å². The van der Waals surface area contributed by atoms with E-state index in [1.165, 1.54) is 36.7 Å². The highest BCUT2D eigenvalue weighted by Gasteiger charge is 2.19. The van der Waals surface area contributed by atoms with E-state index in [2.05, 4.69) is 205 Å². The van der Waals surface area contributed by atoms with Gasteiger partial charge in [-0.05, 0) is 105 Å². The Balaban J connectivity index is 0.924. The van der Waals surface area contributed by atoms with Crippen LogP contribution in [0.1, 0.15) is 0 Å². The molecule has 13 rings (SSSR count). The molecule has 3 aromatic heterocycles. The molecule has 290 valence electrons. The summed E-state index contributed by atoms with van der Waals surface area (Å²) in [6, 6.07) is 76.2. The van der Waals surface area contributed by atoms with Crippen molar-refractivity contribution in [2.75, 3.05) is 4.90 Å². The van der Waals surface area contributed by atoms with Crippen molar-refractivity contribution >= 4 is 103 Å². The zero-order chi connectivity index (χ0) is 40.7. The molecule has 0 atom stereocenters. The van der Waals surface area contributed by atoms with Gasteiger partial charge in [0.05, 0.1) is 0 Å². The van der Waals surface area contributed by atoms with Crippen LogP contribution in [0.15, 0.2) is 221 Å². The molecule has 13 aromatic rings. The van der Waals surface area contributed by atoms with E-state index in [4.69, 9.17) is 8.83 Å². The van der Waals surface area contributed by atoms with E-state index in [0.717, 1.165) is 88.6 Å². The third-order valence-corrected chi connectivity index (χ3v) is 13.7. The third kappa shape index (κ3) is 5.44. The second kappa shape index (κ2) is 13.8. The van der Waals surface area contributed by atoms with Crippen molar-refractivity contribution in [1.82, 2.24) is 0 Å². The maximum absolute atomic E-state index is 6.55. The van der Waals surface area contributed by atoms with Crippen LogP contribution in [-0.4, -0.2) is 0 Å². The maximum Gasteiger partial charge on any atom is 0.143 e. The first-order valence-electron chi connectivity index (χ1n) is 21.0. The Labute approximate surface area is 360 Å². The number of hydrogen-bond acceptors (Lipinski definition) is 4. The van der Waals surface area contributed by atoms with Gasteiger partial charge in [0.15, 0.2) is 0 Å². The topological polar surface area (TPSA) is 29.5 Å². The van der Waals surface area contributed by atoms with E-state index < -0.39 is 0 Å². The molecule has 3 heterocycles. The van der Waals surface area contributed by atoms with Crippen molar-refractivity contribution in [1.29, 1.82) is 0 Å². The van der Waals surface area contributed by atoms with Crippen molar-refractivity contribution in [3.63, 3.8) is 0 Å². The molecule has 3 nitrogen and oxygen atoms in total. The quantitative estimate of drug-likeness (QED) is 0.168. The van der Waals surface area contributed by atoms with E-state index >= 15 is 0 Å². The lowest BCUT2D eigenvalue weighted by atomic mass is 9.97. The van der Waals surface area contributed by atoms with Crippen molar-refractivity contribution in [2.24, 2.45) is 0 Å². The van der Waals surface area contributed by atoms with Crippen LogP contribution in [0.2, 0.25) is 0 Å². The molecular formula is C58H35NO2S. The van der Waals surface area contributed by atoms with Gasteiger partial charge < -0.3 is 13.7 Å². The molecule has 0 aliphatic carbocycles. The highest BCUT2D eigenvalue weighted by atomic mass is 32.1. The molecule has 62 heavy (non-hydrogen) atoms. The largest absolute Gasteiger partial charge is 0.456 e. The molecule has 0 aliphatic rings. The molecular weight excluding hydrogens is 775 g/mol. The number of nitrogens with zero attached hydrogens (tertiary/aromatic N) is 1. The Kier molecular flexibility index (Phi) is 7.78. The summed E-state index contributed by atoms with van der Waals surface area (Å²) in [6.07, 6.45) is 0. The van der Waals surface area contributed by atoms with Gasteiger partial charge in [-0.1, -0.05) is 146 Å². The molecule has 0 radical (unpaired) electrons. The van der Waals surface area contributed by atoms with Crippen LogP contribution in [0.4, 0.5) is 17.1 Å². The first kappa shape index (κ1) is 34.9. The van der Waals surface area contributed by atoms with Crippen LogP contribution in [-0.2, 0) is 0 Å². The molecule has 0 fully saturated rings. The van der Waals surface area contributed by atoms with Crippen molar-refractivity contribution in [3.05, 3.63) is 212 Å². The van der Waals surface area contributed by atoms with Crippen LogP contribution in [0.5, 0.6) is 0 Å². The second-order valence-electron chi connectivity index (χ2n) is 16.0. The molecule has 0 spiro atoms. The smallest absolute Gasteiger partial charge is 0.143 e. The van der Waals surface area contributed by atoms with Crippen molar-refractivity contribution in [3.8, 4) is 33.4 Å². The lowest BCUT2D eigenvalue weighted by Gasteiger charge is -2.26. The van der Waals surface area contributed by atoms with Gasteiger partial charge >= 0.3 is 0 Å². The molecule has 10 aromatic carbocycles. The van der Waals surface area contributed by atoms with Crippen LogP contribution < -0.4 is 4.90 Å². The number of furan rings is 2. The highest BCUT2D eigenvalue weighted by Crippen LogP contribution is 2.44. The first-order chi connectivity index (χ1) is 30.7. The molecule has 4 heteroatoms. The molecule has 0 N–H and O–H groups in total. The lowest BCUT2D eigenvalue weighted by molar-refractivity contribution is 0.669. The summed E-state index contributed by atoms with van der Waals surface area (Å²) in [5, 5.41) is 9.46. The Morgan fingerprint density at radius 3 is 1.52 bits per heavy atom. The number of anilines is 3. The zero-order valence-corrected chi connectivity index (χ0v) is 34.2. The Hall–Kier alpha value is -7.92. The number of rotatable bonds is 6. The minimum Gasteiger partial charge on any atom is -0.456 e. The molecule has 0 saturated carbocycles. The van der Waals surface area contributed by atoms with Crippen LogP contribution >= 0.6 is 11.3 Å². The van der Waals surface area contributed by atoms with Crippen LogP contribution in [0.25, 0.3) is 108 Å². The van der Waals surface area contributed by atoms with Crippen molar-refractivity contribution < 1.29 is 8.83 Å². The average molecular weight is 810 g/mol. The monoisotopic (exact) mass is 809 g/mol. The van der Waals surface area contributed by atoms with Gasteiger partial charge in [0.2, 0.25) is 0 Å². The molecule has 0 aliphatic heterocycles. The molecule has 0 saturated heterocycles. The Morgan fingerprint density at radius 1 is 0.323 bits per heavy atom. The number of thiophene rings is 1. The SMILES string of the molecule is c1ccc2c(c1)ccc1c2oc2cccc(-c3ccc(N(c4ccc(-c5cccc6c5sc5ccccc56)cc4)c4ccc(-c5cccc6oc7ccccc7c56)cc4)cc3)c21. The van der Waals surface area contributed by atoms with E-state index in [-0.39, 0.29) is 0 Å². The minimum atomic E-state index is 0.894. The molecule has 0 bridgehead atoms. The van der Waals surface area contributed by atoms with Crippen LogP contribution in [0.3, 0.4) is 0 Å². The van der Waals surface area contributed by atoms with E-state index in [1.54, 1.807) is 0 Å². The number of para-hydroxylation sites is 1. The predicted octanol–water partition coefficient (Wildman–Crippen LogP) is 17.5. The third-order valence-electron chi connectivity index (χ3n) is 12.5. The Bertz CT molecular complexity index is 3850. The standard InChI is InChI=1S/C58H35NO2S/c1-2-11-45-36(10-1)28-35-50-56-44(15-9-20-53(56)61-57(45)50)38-24-31-41(32-25-38)59(40-29-22-37(23-30-40)43-14-8-19-52-55(43)49-13-3-5-18-51(49)60-52)42-33-26-39(27-34-42)46-16-7-17-48-47-12-4-6-21-54(47)62-58(46)48/h1-35H. The van der Waals surface area contributed by atoms with Gasteiger partial charge in [-0.15, -0.1) is 11.3 Å². The van der Waals surface area contributed by atoms with Gasteiger partial charge in [0, 0.05) is 64.2 Å². The first-order valence-corrected chi connectivity index (χ1v) is 21.8. The van der Waals surface area contributed by atoms with Crippen molar-refractivity contribution in [2.45, 2.75) is 0 Å². The van der Waals surface area contributed by atoms with Gasteiger partial charge in [-0.3, -0.25) is 0 Å². The number of benzene rings is 10. The zero-order valence-electron chi connectivity index (χ0n) is 33.4. The molecule has 0 unspecified atom stereocenters. The highest BCUT2D eigenvalue weighted by molar-refractivity contribution is 7.26. The summed E-state index contributed by atoms with van der Waals surface area (Å²) in [5.74, 6) is 0. The Morgan fingerprint density at radius 2 is 0.823 bits per heavy atom. The van der Waals surface area contributed by atoms with Gasteiger partial charge in [-0.2, -0.15) is 0 Å². The minimum absolute atomic E-state index is 0.894. The summed E-state index contributed by atoms with van der Waals surface area (Å²) in [5.41, 5.74) is 13.9. The van der Waals surface area contributed by atoms with E-state index in [1.807, 2.05) is 23.5 Å². The summed E-state index contributed by atoms with van der Waals surface area (Å²) in [4.78, 5) is 2.35. The van der Waals surface area contributed by atoms with Gasteiger partial charge in [0.1, 0.15) is 22.3 Å². The second-order valence-corrected chi connectivity index (χ2v) is 17.0. The summed E-state index contributed by atoms with van der Waals surface area (Å²) >= 11 is 1.87. The summed E-state index contributed by atoms with van der Waals surface area (Å²) in [7, 11) is 0. The van der Waals surface area contributed by atoms with Gasteiger partial charge in [0.25, 0.3) is 0 Å². The fourth-order valence-corrected chi connectivity index (χ4v) is 10.8. The summed E-state index contributed by atoms with van der Waals surface area (Å²) in [6.45, 7) is 0. The fraction of sp³-hybridized carbons (Fsp3) is 0.